The SMILES string of the molecule is CC(C)(C)OC(=O)N=C(CCC(=O)O)C(=O)OC(C)(C)C. The van der Waals surface area contributed by atoms with Gasteiger partial charge in [0.2, 0.25) is 0 Å². The maximum absolute atomic E-state index is 11.9. The fourth-order valence-corrected chi connectivity index (χ4v) is 1.16. The summed E-state index contributed by atoms with van der Waals surface area (Å²) in [4.78, 5) is 37.7. The minimum atomic E-state index is -1.10. The maximum atomic E-state index is 11.9. The maximum Gasteiger partial charge on any atom is 0.434 e. The molecule has 1 amide bonds. The molecule has 21 heavy (non-hydrogen) atoms. The van der Waals surface area contributed by atoms with Crippen molar-refractivity contribution in [3.05, 3.63) is 0 Å². The summed E-state index contributed by atoms with van der Waals surface area (Å²) in [6.07, 6.45) is -1.49. The van der Waals surface area contributed by atoms with Crippen LogP contribution >= 0.6 is 0 Å². The quantitative estimate of drug-likeness (QED) is 0.632. The molecule has 0 bridgehead atoms. The molecule has 0 rings (SSSR count). The van der Waals surface area contributed by atoms with Gasteiger partial charge in [-0.2, -0.15) is 4.99 Å². The van der Waals surface area contributed by atoms with Crippen molar-refractivity contribution in [1.82, 2.24) is 0 Å². The van der Waals surface area contributed by atoms with Gasteiger partial charge in [-0.05, 0) is 41.5 Å². The van der Waals surface area contributed by atoms with Gasteiger partial charge in [-0.15, -0.1) is 0 Å². The molecule has 0 aromatic carbocycles. The van der Waals surface area contributed by atoms with Gasteiger partial charge in [0.05, 0.1) is 6.42 Å². The monoisotopic (exact) mass is 301 g/mol. The molecule has 0 unspecified atom stereocenters. The molecule has 0 aromatic rings. The Morgan fingerprint density at radius 1 is 0.905 bits per heavy atom. The Hall–Kier alpha value is -1.92. The number of esters is 1. The molecule has 0 heterocycles. The Bertz CT molecular complexity index is 439. The topological polar surface area (TPSA) is 102 Å². The number of aliphatic imine (C=N–C) groups is 1. The average Bonchev–Trinajstić information content (AvgIpc) is 2.18. The van der Waals surface area contributed by atoms with Crippen molar-refractivity contribution in [2.24, 2.45) is 4.99 Å². The van der Waals surface area contributed by atoms with Crippen molar-refractivity contribution in [2.45, 2.75) is 65.6 Å². The summed E-state index contributed by atoms with van der Waals surface area (Å²) in [7, 11) is 0. The van der Waals surface area contributed by atoms with Gasteiger partial charge in [-0.3, -0.25) is 4.79 Å². The van der Waals surface area contributed by atoms with E-state index in [0.29, 0.717) is 0 Å². The number of carboxylic acids is 1. The van der Waals surface area contributed by atoms with Gasteiger partial charge in [-0.1, -0.05) is 0 Å². The van der Waals surface area contributed by atoms with E-state index in [0.717, 1.165) is 0 Å². The third kappa shape index (κ3) is 10.5. The number of carbonyl (C=O) groups is 3. The molecule has 7 heteroatoms. The first kappa shape index (κ1) is 19.1. The normalized spacial score (nSPS) is 12.8. The van der Waals surface area contributed by atoms with Crippen molar-refractivity contribution in [2.75, 3.05) is 0 Å². The fourth-order valence-electron chi connectivity index (χ4n) is 1.16. The lowest BCUT2D eigenvalue weighted by atomic mass is 10.1. The summed E-state index contributed by atoms with van der Waals surface area (Å²) < 4.78 is 10.1. The van der Waals surface area contributed by atoms with E-state index in [9.17, 15) is 14.4 Å². The summed E-state index contributed by atoms with van der Waals surface area (Å²) in [5.41, 5.74) is -1.79. The average molecular weight is 301 g/mol. The van der Waals surface area contributed by atoms with Crippen LogP contribution in [-0.4, -0.2) is 40.1 Å². The predicted octanol–water partition coefficient (Wildman–Crippen LogP) is 2.57. The molecule has 0 aromatic heterocycles. The minimum Gasteiger partial charge on any atom is -0.481 e. The predicted molar refractivity (Wildman–Crippen MR) is 76.4 cm³/mol. The van der Waals surface area contributed by atoms with Gasteiger partial charge >= 0.3 is 18.0 Å². The van der Waals surface area contributed by atoms with E-state index in [1.807, 2.05) is 0 Å². The molecule has 0 saturated carbocycles. The molecule has 0 aliphatic heterocycles. The number of ether oxygens (including phenoxy) is 2. The van der Waals surface area contributed by atoms with E-state index in [4.69, 9.17) is 14.6 Å². The molecule has 0 saturated heterocycles. The van der Waals surface area contributed by atoms with E-state index in [1.165, 1.54) is 0 Å². The summed E-state index contributed by atoms with van der Waals surface area (Å²) in [6, 6.07) is 0. The smallest absolute Gasteiger partial charge is 0.434 e. The molecule has 0 radical (unpaired) electrons. The molecule has 7 nitrogen and oxygen atoms in total. The number of rotatable bonds is 4. The van der Waals surface area contributed by atoms with Crippen LogP contribution in [0, 0.1) is 0 Å². The van der Waals surface area contributed by atoms with Crippen LogP contribution in [0.1, 0.15) is 54.4 Å². The molecule has 0 spiro atoms. The van der Waals surface area contributed by atoms with E-state index >= 15 is 0 Å². The zero-order valence-electron chi connectivity index (χ0n) is 13.3. The van der Waals surface area contributed by atoms with Crippen LogP contribution in [0.15, 0.2) is 4.99 Å². The Labute approximate surface area is 124 Å². The first-order valence-electron chi connectivity index (χ1n) is 6.56. The van der Waals surface area contributed by atoms with Gasteiger partial charge in [0, 0.05) is 6.42 Å². The Morgan fingerprint density at radius 3 is 1.76 bits per heavy atom. The van der Waals surface area contributed by atoms with Crippen LogP contribution in [0.4, 0.5) is 4.79 Å². The zero-order chi connectivity index (χ0) is 16.8. The summed E-state index contributed by atoms with van der Waals surface area (Å²) in [5, 5.41) is 8.67. The Kier molecular flexibility index (Phi) is 6.53. The standard InChI is InChI=1S/C14H23NO6/c1-13(2,3)20-11(18)9(7-8-10(16)17)15-12(19)21-14(4,5)6/h7-8H2,1-6H3,(H,16,17). The largest absolute Gasteiger partial charge is 0.481 e. The summed E-state index contributed by atoms with van der Waals surface area (Å²) in [6.45, 7) is 9.95. The number of hydrogen-bond acceptors (Lipinski definition) is 5. The number of hydrogen-bond donors (Lipinski definition) is 1. The van der Waals surface area contributed by atoms with Crippen LogP contribution in [0.3, 0.4) is 0 Å². The second-order valence-electron chi connectivity index (χ2n) is 6.43. The van der Waals surface area contributed by atoms with Crippen molar-refractivity contribution < 1.29 is 29.0 Å². The zero-order valence-corrected chi connectivity index (χ0v) is 13.3. The minimum absolute atomic E-state index is 0.205. The van der Waals surface area contributed by atoms with Gasteiger partial charge in [0.1, 0.15) is 16.9 Å². The molecule has 0 aliphatic carbocycles. The lowest BCUT2D eigenvalue weighted by Gasteiger charge is -2.20. The van der Waals surface area contributed by atoms with Gasteiger partial charge in [-0.25, -0.2) is 9.59 Å². The highest BCUT2D eigenvalue weighted by Crippen LogP contribution is 2.12. The number of carboxylic acid groups (broad SMARTS) is 1. The Morgan fingerprint density at radius 2 is 1.38 bits per heavy atom. The van der Waals surface area contributed by atoms with Crippen molar-refractivity contribution >= 4 is 23.7 Å². The van der Waals surface area contributed by atoms with Crippen LogP contribution in [0.25, 0.3) is 0 Å². The first-order valence-corrected chi connectivity index (χ1v) is 6.56. The highest BCUT2D eigenvalue weighted by Gasteiger charge is 2.24. The Balaban J connectivity index is 5.08. The molecular weight excluding hydrogens is 278 g/mol. The van der Waals surface area contributed by atoms with Gasteiger partial charge in [0.25, 0.3) is 0 Å². The summed E-state index contributed by atoms with van der Waals surface area (Å²) >= 11 is 0. The van der Waals surface area contributed by atoms with Crippen molar-refractivity contribution in [3.63, 3.8) is 0 Å². The number of amides is 1. The number of nitrogens with zero attached hydrogens (tertiary/aromatic N) is 1. The fraction of sp³-hybridized carbons (Fsp3) is 0.714. The van der Waals surface area contributed by atoms with Crippen LogP contribution in [0.2, 0.25) is 0 Å². The number of aliphatic carboxylic acids is 1. The number of carbonyl (C=O) groups excluding carboxylic acids is 2. The molecule has 0 fully saturated rings. The second-order valence-corrected chi connectivity index (χ2v) is 6.43. The molecule has 120 valence electrons. The van der Waals surface area contributed by atoms with E-state index in [2.05, 4.69) is 4.99 Å². The van der Waals surface area contributed by atoms with Gasteiger partial charge in [0.15, 0.2) is 0 Å². The van der Waals surface area contributed by atoms with Gasteiger partial charge < -0.3 is 14.6 Å². The molecule has 0 atom stereocenters. The van der Waals surface area contributed by atoms with E-state index in [-0.39, 0.29) is 18.6 Å². The molecular formula is C14H23NO6. The summed E-state index contributed by atoms with van der Waals surface area (Å²) in [5.74, 6) is -1.93. The first-order chi connectivity index (χ1) is 9.30. The highest BCUT2D eigenvalue weighted by molar-refractivity contribution is 6.38. The molecule has 1 N–H and O–H groups in total. The van der Waals surface area contributed by atoms with Crippen LogP contribution in [0.5, 0.6) is 0 Å². The second kappa shape index (κ2) is 7.19. The third-order valence-electron chi connectivity index (χ3n) is 1.83. The molecule has 0 aliphatic rings. The third-order valence-corrected chi connectivity index (χ3v) is 1.83. The lowest BCUT2D eigenvalue weighted by molar-refractivity contribution is -0.146. The van der Waals surface area contributed by atoms with Crippen molar-refractivity contribution in [1.29, 1.82) is 0 Å². The highest BCUT2D eigenvalue weighted by atomic mass is 16.6. The van der Waals surface area contributed by atoms with Crippen LogP contribution < -0.4 is 0 Å². The van der Waals surface area contributed by atoms with E-state index < -0.39 is 29.2 Å². The lowest BCUT2D eigenvalue weighted by Crippen LogP contribution is -2.30. The van der Waals surface area contributed by atoms with E-state index in [1.54, 1.807) is 41.5 Å². The van der Waals surface area contributed by atoms with Crippen molar-refractivity contribution in [3.8, 4) is 0 Å². The van der Waals surface area contributed by atoms with Crippen LogP contribution in [-0.2, 0) is 19.1 Å².